The maximum absolute atomic E-state index is 12.6. The highest BCUT2D eigenvalue weighted by molar-refractivity contribution is 6.03. The smallest absolute Gasteiger partial charge is 0.274 e. The average molecular weight is 369 g/mol. The molecule has 2 aliphatic rings. The van der Waals surface area contributed by atoms with Crippen LogP contribution in [0.5, 0.6) is 11.5 Å². The van der Waals surface area contributed by atoms with Crippen LogP contribution in [0.4, 0.5) is 11.6 Å². The lowest BCUT2D eigenvalue weighted by Crippen LogP contribution is -2.46. The third-order valence-electron chi connectivity index (χ3n) is 4.78. The van der Waals surface area contributed by atoms with Gasteiger partial charge in [0.05, 0.1) is 0 Å². The molecule has 1 fully saturated rings. The third kappa shape index (κ3) is 3.95. The first-order valence-corrected chi connectivity index (χ1v) is 9.24. The highest BCUT2D eigenvalue weighted by Crippen LogP contribution is 2.32. The molecule has 1 aromatic heterocycles. The zero-order chi connectivity index (χ0) is 18.6. The number of carbonyl (C=O) groups is 1. The summed E-state index contributed by atoms with van der Waals surface area (Å²) < 4.78 is 11.1. The molecule has 2 aromatic rings. The van der Waals surface area contributed by atoms with Crippen LogP contribution in [0.15, 0.2) is 30.5 Å². The lowest BCUT2D eigenvalue weighted by atomic mass is 10.2. The monoisotopic (exact) mass is 369 g/mol. The van der Waals surface area contributed by atoms with Crippen LogP contribution in [0.2, 0.25) is 0 Å². The van der Waals surface area contributed by atoms with Crippen LogP contribution in [-0.2, 0) is 0 Å². The van der Waals surface area contributed by atoms with E-state index in [2.05, 4.69) is 32.0 Å². The van der Waals surface area contributed by atoms with Crippen molar-refractivity contribution < 1.29 is 14.3 Å². The van der Waals surface area contributed by atoms with Crippen molar-refractivity contribution in [2.45, 2.75) is 6.92 Å². The number of likely N-dealkylation sites (N-methyl/N-ethyl adjacent to an activating group) is 1. The minimum Gasteiger partial charge on any atom is -0.486 e. The first-order valence-electron chi connectivity index (χ1n) is 9.24. The summed E-state index contributed by atoms with van der Waals surface area (Å²) in [6, 6.07) is 6.97. The second-order valence-corrected chi connectivity index (χ2v) is 6.48. The SMILES string of the molecule is CCN1CCN(c2nccc(C(=O)Nc3ccc4c(c3)OCCO4)n2)CC1. The number of carbonyl (C=O) groups excluding carboxylic acids is 1. The molecule has 0 radical (unpaired) electrons. The summed E-state index contributed by atoms with van der Waals surface area (Å²) in [5.74, 6) is 1.65. The van der Waals surface area contributed by atoms with Crippen molar-refractivity contribution in [1.82, 2.24) is 14.9 Å². The predicted octanol–water partition coefficient (Wildman–Crippen LogP) is 1.64. The maximum atomic E-state index is 12.6. The molecule has 3 heterocycles. The fourth-order valence-corrected chi connectivity index (χ4v) is 3.21. The number of benzene rings is 1. The Hall–Kier alpha value is -2.87. The van der Waals surface area contributed by atoms with Crippen LogP contribution in [-0.4, -0.2) is 66.7 Å². The largest absolute Gasteiger partial charge is 0.486 e. The van der Waals surface area contributed by atoms with Crippen LogP contribution in [0.3, 0.4) is 0 Å². The van der Waals surface area contributed by atoms with Crippen molar-refractivity contribution in [2.24, 2.45) is 0 Å². The topological polar surface area (TPSA) is 79.8 Å². The van der Waals surface area contributed by atoms with E-state index in [1.54, 1.807) is 30.5 Å². The fraction of sp³-hybridized carbons (Fsp3) is 0.421. The summed E-state index contributed by atoms with van der Waals surface area (Å²) in [6.45, 7) is 7.94. The Morgan fingerprint density at radius 1 is 1.11 bits per heavy atom. The van der Waals surface area contributed by atoms with Crippen molar-refractivity contribution in [1.29, 1.82) is 0 Å². The van der Waals surface area contributed by atoms with Crippen LogP contribution in [0.1, 0.15) is 17.4 Å². The van der Waals surface area contributed by atoms with Gasteiger partial charge in [-0.15, -0.1) is 0 Å². The van der Waals surface area contributed by atoms with Gasteiger partial charge in [-0.25, -0.2) is 9.97 Å². The maximum Gasteiger partial charge on any atom is 0.274 e. The Kier molecular flexibility index (Phi) is 5.06. The lowest BCUT2D eigenvalue weighted by Gasteiger charge is -2.34. The number of ether oxygens (including phenoxy) is 2. The third-order valence-corrected chi connectivity index (χ3v) is 4.78. The number of anilines is 2. The minimum absolute atomic E-state index is 0.275. The van der Waals surface area contributed by atoms with Gasteiger partial charge in [0, 0.05) is 44.1 Å². The molecule has 0 saturated carbocycles. The normalized spacial score (nSPS) is 16.9. The molecule has 0 aliphatic carbocycles. The van der Waals surface area contributed by atoms with E-state index < -0.39 is 0 Å². The summed E-state index contributed by atoms with van der Waals surface area (Å²) in [4.78, 5) is 25.9. The van der Waals surface area contributed by atoms with Gasteiger partial charge in [0.25, 0.3) is 5.91 Å². The number of nitrogens with zero attached hydrogens (tertiary/aromatic N) is 4. The Balaban J connectivity index is 1.45. The molecule has 8 heteroatoms. The number of hydrogen-bond acceptors (Lipinski definition) is 7. The highest BCUT2D eigenvalue weighted by atomic mass is 16.6. The van der Waals surface area contributed by atoms with Gasteiger partial charge in [-0.1, -0.05) is 6.92 Å². The Bertz CT molecular complexity index is 821. The van der Waals surface area contributed by atoms with Crippen LogP contribution in [0.25, 0.3) is 0 Å². The number of aromatic nitrogens is 2. The summed E-state index contributed by atoms with van der Waals surface area (Å²) >= 11 is 0. The molecule has 2 aliphatic heterocycles. The Morgan fingerprint density at radius 2 is 1.89 bits per heavy atom. The van der Waals surface area contributed by atoms with E-state index >= 15 is 0 Å². The molecule has 142 valence electrons. The van der Waals surface area contributed by atoms with E-state index in [4.69, 9.17) is 9.47 Å². The molecule has 8 nitrogen and oxygen atoms in total. The molecule has 1 amide bonds. The van der Waals surface area contributed by atoms with Crippen molar-refractivity contribution in [3.8, 4) is 11.5 Å². The molecule has 1 aromatic carbocycles. The van der Waals surface area contributed by atoms with E-state index in [1.165, 1.54) is 0 Å². The molecule has 4 rings (SSSR count). The van der Waals surface area contributed by atoms with Crippen molar-refractivity contribution in [3.05, 3.63) is 36.2 Å². The molecule has 0 unspecified atom stereocenters. The highest BCUT2D eigenvalue weighted by Gasteiger charge is 2.19. The lowest BCUT2D eigenvalue weighted by molar-refractivity contribution is 0.102. The summed E-state index contributed by atoms with van der Waals surface area (Å²) in [6.07, 6.45) is 1.63. The standard InChI is InChI=1S/C19H23N5O3/c1-2-23-7-9-24(10-8-23)19-20-6-5-15(22-19)18(25)21-14-3-4-16-17(13-14)27-12-11-26-16/h3-6,13H,2,7-12H2,1H3,(H,21,25). The Labute approximate surface area is 158 Å². The quantitative estimate of drug-likeness (QED) is 0.878. The van der Waals surface area contributed by atoms with Crippen molar-refractivity contribution in [3.63, 3.8) is 0 Å². The zero-order valence-electron chi connectivity index (χ0n) is 15.4. The minimum atomic E-state index is -0.275. The fourth-order valence-electron chi connectivity index (χ4n) is 3.21. The van der Waals surface area contributed by atoms with E-state index in [-0.39, 0.29) is 5.91 Å². The van der Waals surface area contributed by atoms with Gasteiger partial charge in [0.1, 0.15) is 18.9 Å². The van der Waals surface area contributed by atoms with Crippen LogP contribution < -0.4 is 19.7 Å². The molecule has 0 bridgehead atoms. The molecule has 0 atom stereocenters. The van der Waals surface area contributed by atoms with Crippen LogP contribution in [0, 0.1) is 0 Å². The number of rotatable bonds is 4. The van der Waals surface area contributed by atoms with E-state index in [1.807, 2.05) is 0 Å². The molecular weight excluding hydrogens is 346 g/mol. The number of fused-ring (bicyclic) bond motifs is 1. The second kappa shape index (κ2) is 7.79. The van der Waals surface area contributed by atoms with Gasteiger partial charge in [-0.05, 0) is 24.7 Å². The number of hydrogen-bond donors (Lipinski definition) is 1. The molecular formula is C19H23N5O3. The molecule has 27 heavy (non-hydrogen) atoms. The van der Waals surface area contributed by atoms with Gasteiger partial charge >= 0.3 is 0 Å². The van der Waals surface area contributed by atoms with Gasteiger partial charge in [-0.2, -0.15) is 0 Å². The summed E-state index contributed by atoms with van der Waals surface area (Å²) in [7, 11) is 0. The first kappa shape index (κ1) is 17.5. The van der Waals surface area contributed by atoms with Gasteiger partial charge in [0.2, 0.25) is 5.95 Å². The summed E-state index contributed by atoms with van der Waals surface area (Å²) in [5.41, 5.74) is 0.980. The van der Waals surface area contributed by atoms with E-state index in [0.29, 0.717) is 42.0 Å². The second-order valence-electron chi connectivity index (χ2n) is 6.48. The van der Waals surface area contributed by atoms with Gasteiger partial charge in [0.15, 0.2) is 11.5 Å². The van der Waals surface area contributed by atoms with Crippen molar-refractivity contribution in [2.75, 3.05) is 56.2 Å². The predicted molar refractivity (Wildman–Crippen MR) is 102 cm³/mol. The average Bonchev–Trinajstić information content (AvgIpc) is 2.74. The molecule has 0 spiro atoms. The van der Waals surface area contributed by atoms with Crippen molar-refractivity contribution >= 4 is 17.5 Å². The Morgan fingerprint density at radius 3 is 2.67 bits per heavy atom. The van der Waals surface area contributed by atoms with E-state index in [9.17, 15) is 4.79 Å². The van der Waals surface area contributed by atoms with Gasteiger partial charge in [-0.3, -0.25) is 4.79 Å². The number of amides is 1. The number of nitrogens with one attached hydrogen (secondary N) is 1. The van der Waals surface area contributed by atoms with Gasteiger partial charge < -0.3 is 24.6 Å². The first-order chi connectivity index (χ1) is 13.2. The molecule has 1 saturated heterocycles. The summed E-state index contributed by atoms with van der Waals surface area (Å²) in [5, 5.41) is 2.86. The zero-order valence-corrected chi connectivity index (χ0v) is 15.4. The van der Waals surface area contributed by atoms with Crippen LogP contribution >= 0.6 is 0 Å². The molecule has 1 N–H and O–H groups in total. The van der Waals surface area contributed by atoms with E-state index in [0.717, 1.165) is 32.7 Å². The number of piperazine rings is 1.